The molecule has 0 unspecified atom stereocenters. The van der Waals surface area contributed by atoms with Crippen molar-refractivity contribution in [3.8, 4) is 0 Å². The van der Waals surface area contributed by atoms with Gasteiger partial charge in [0.25, 0.3) is 0 Å². The van der Waals surface area contributed by atoms with Crippen molar-refractivity contribution in [3.63, 3.8) is 0 Å². The first-order valence-electron chi connectivity index (χ1n) is 10.5. The molecule has 0 saturated carbocycles. The number of esters is 2. The second kappa shape index (κ2) is 18.0. The van der Waals surface area contributed by atoms with E-state index in [9.17, 15) is 24.0 Å². The fourth-order valence-electron chi connectivity index (χ4n) is 1.92. The molecule has 0 radical (unpaired) electrons. The maximum absolute atomic E-state index is 11.2. The fourth-order valence-corrected chi connectivity index (χ4v) is 1.92. The maximum atomic E-state index is 11.2. The molecule has 0 bridgehead atoms. The molecule has 0 aliphatic heterocycles. The lowest BCUT2D eigenvalue weighted by atomic mass is 10.1. The highest BCUT2D eigenvalue weighted by atomic mass is 16.6. The number of carboxylic acids is 2. The van der Waals surface area contributed by atoms with Crippen LogP contribution >= 0.6 is 0 Å². The van der Waals surface area contributed by atoms with Gasteiger partial charge in [0.1, 0.15) is 29.8 Å². The molecule has 0 aliphatic rings. The number of hydrogen-bond acceptors (Lipinski definition) is 7. The predicted octanol–water partition coefficient (Wildman–Crippen LogP) is 4.89. The zero-order valence-corrected chi connectivity index (χ0v) is 21.2. The van der Waals surface area contributed by atoms with Crippen LogP contribution in [-0.4, -0.2) is 51.1 Å². The van der Waals surface area contributed by atoms with Gasteiger partial charge in [-0.2, -0.15) is 0 Å². The first-order chi connectivity index (χ1) is 14.1. The lowest BCUT2D eigenvalue weighted by molar-refractivity contribution is -0.160. The molecule has 0 fully saturated rings. The van der Waals surface area contributed by atoms with Crippen molar-refractivity contribution < 1.29 is 43.7 Å². The van der Waals surface area contributed by atoms with Gasteiger partial charge < -0.3 is 19.7 Å². The van der Waals surface area contributed by atoms with Gasteiger partial charge in [-0.15, -0.1) is 0 Å². The third-order valence-corrected chi connectivity index (χ3v) is 2.70. The van der Waals surface area contributed by atoms with Crippen molar-refractivity contribution in [1.82, 2.24) is 0 Å². The Morgan fingerprint density at radius 1 is 0.636 bits per heavy atom. The topological polar surface area (TPSA) is 144 Å². The number of Topliss-reactive ketones (excluding diaryl/α,β-unsaturated/α-hetero) is 1. The molecule has 0 atom stereocenters. The maximum Gasteiger partial charge on any atom is 0.317 e. The molecule has 0 rings (SSSR count). The van der Waals surface area contributed by atoms with E-state index in [0.717, 1.165) is 0 Å². The lowest BCUT2D eigenvalue weighted by Crippen LogP contribution is -2.25. The Balaban J connectivity index is -0.000000199. The highest BCUT2D eigenvalue weighted by molar-refractivity contribution is 5.95. The van der Waals surface area contributed by atoms with Crippen LogP contribution in [-0.2, 0) is 33.4 Å². The Morgan fingerprint density at radius 2 is 0.970 bits per heavy atom. The summed E-state index contributed by atoms with van der Waals surface area (Å²) in [5.74, 6) is -2.49. The van der Waals surface area contributed by atoms with Crippen LogP contribution in [0.25, 0.3) is 0 Å². The van der Waals surface area contributed by atoms with E-state index >= 15 is 0 Å². The number of ether oxygens (including phenoxy) is 2. The molecular formula is C24H46O9. The van der Waals surface area contributed by atoms with Crippen molar-refractivity contribution >= 4 is 29.7 Å². The van der Waals surface area contributed by atoms with E-state index in [1.165, 1.54) is 0 Å². The highest BCUT2D eigenvalue weighted by Gasteiger charge is 2.19. The summed E-state index contributed by atoms with van der Waals surface area (Å²) < 4.78 is 9.76. The molecule has 196 valence electrons. The van der Waals surface area contributed by atoms with Gasteiger partial charge in [-0.25, -0.2) is 0 Å². The van der Waals surface area contributed by atoms with Crippen LogP contribution in [0.1, 0.15) is 102 Å². The largest absolute Gasteiger partial charge is 0.481 e. The Kier molecular flexibility index (Phi) is 20.7. The van der Waals surface area contributed by atoms with Crippen LogP contribution in [0.5, 0.6) is 0 Å². The van der Waals surface area contributed by atoms with Crippen LogP contribution in [0.3, 0.4) is 0 Å². The molecule has 0 spiro atoms. The van der Waals surface area contributed by atoms with Crippen LogP contribution in [0.15, 0.2) is 0 Å². The van der Waals surface area contributed by atoms with Crippen molar-refractivity contribution in [1.29, 1.82) is 0 Å². The average Bonchev–Trinajstić information content (AvgIpc) is 2.39. The van der Waals surface area contributed by atoms with E-state index in [4.69, 9.17) is 19.7 Å². The number of carbonyl (C=O) groups is 5. The number of carboxylic acid groups (broad SMARTS) is 2. The van der Waals surface area contributed by atoms with Crippen molar-refractivity contribution in [2.45, 2.75) is 114 Å². The standard InChI is InChI=1S/C11H20O3.C7H12O4.C5H10O2.CH4/c1-8(2)6-9(12)7-10(13)14-11(3,4)5;1-7(2,3)11-6(10)4-5(8)9;1-4(2)3-5(6)7;/h8H,6-7H2,1-5H3;4H2,1-3H3,(H,8,9);4H,3H2,1-2H3,(H,6,7);1H4. The van der Waals surface area contributed by atoms with Crippen LogP contribution in [0, 0.1) is 11.8 Å². The van der Waals surface area contributed by atoms with Gasteiger partial charge in [-0.05, 0) is 53.4 Å². The molecule has 0 aliphatic carbocycles. The Bertz CT molecular complexity index is 606. The summed E-state index contributed by atoms with van der Waals surface area (Å²) in [6.45, 7) is 18.1. The summed E-state index contributed by atoms with van der Waals surface area (Å²) in [4.78, 5) is 52.9. The van der Waals surface area contributed by atoms with E-state index in [1.807, 2.05) is 27.7 Å². The molecule has 0 aromatic rings. The number of rotatable bonds is 8. The monoisotopic (exact) mass is 478 g/mol. The molecule has 0 aromatic heterocycles. The normalized spacial score (nSPS) is 10.5. The molecule has 0 amide bonds. The molecule has 0 saturated heterocycles. The number of carbonyl (C=O) groups excluding carboxylic acids is 3. The second-order valence-corrected chi connectivity index (χ2v) is 10.0. The molecular weight excluding hydrogens is 432 g/mol. The van der Waals surface area contributed by atoms with E-state index < -0.39 is 41.5 Å². The molecule has 2 N–H and O–H groups in total. The van der Waals surface area contributed by atoms with Gasteiger partial charge in [0.05, 0.1) is 0 Å². The van der Waals surface area contributed by atoms with Crippen molar-refractivity contribution in [2.24, 2.45) is 11.8 Å². The Hall–Kier alpha value is -2.45. The first kappa shape index (κ1) is 37.8. The third-order valence-electron chi connectivity index (χ3n) is 2.70. The summed E-state index contributed by atoms with van der Waals surface area (Å²) in [7, 11) is 0. The summed E-state index contributed by atoms with van der Waals surface area (Å²) in [5, 5.41) is 16.3. The minimum absolute atomic E-state index is 0. The van der Waals surface area contributed by atoms with Gasteiger partial charge in [0, 0.05) is 12.8 Å². The zero-order chi connectivity index (χ0) is 26.3. The van der Waals surface area contributed by atoms with Crippen LogP contribution < -0.4 is 0 Å². The number of hydrogen-bond donors (Lipinski definition) is 2. The van der Waals surface area contributed by atoms with Gasteiger partial charge in [0.2, 0.25) is 0 Å². The average molecular weight is 479 g/mol. The zero-order valence-electron chi connectivity index (χ0n) is 21.2. The molecule has 33 heavy (non-hydrogen) atoms. The predicted molar refractivity (Wildman–Crippen MR) is 127 cm³/mol. The minimum Gasteiger partial charge on any atom is -0.481 e. The SMILES string of the molecule is C.CC(C)(C)OC(=O)CC(=O)O.CC(C)CC(=O)CC(=O)OC(C)(C)C.CC(C)CC(=O)O. The fraction of sp³-hybridized carbons (Fsp3) is 0.792. The molecule has 9 heteroatoms. The highest BCUT2D eigenvalue weighted by Crippen LogP contribution is 2.10. The quantitative estimate of drug-likeness (QED) is 0.368. The Morgan fingerprint density at radius 3 is 1.18 bits per heavy atom. The number of ketones is 1. The minimum atomic E-state index is -1.17. The van der Waals surface area contributed by atoms with Crippen molar-refractivity contribution in [3.05, 3.63) is 0 Å². The summed E-state index contributed by atoms with van der Waals surface area (Å²) in [5.41, 5.74) is -1.11. The van der Waals surface area contributed by atoms with E-state index in [2.05, 4.69) is 0 Å². The van der Waals surface area contributed by atoms with Gasteiger partial charge in [-0.1, -0.05) is 35.1 Å². The lowest BCUT2D eigenvalue weighted by Gasteiger charge is -2.19. The molecule has 9 nitrogen and oxygen atoms in total. The van der Waals surface area contributed by atoms with Crippen LogP contribution in [0.2, 0.25) is 0 Å². The van der Waals surface area contributed by atoms with Gasteiger partial charge in [0.15, 0.2) is 0 Å². The van der Waals surface area contributed by atoms with Gasteiger partial charge >= 0.3 is 23.9 Å². The van der Waals surface area contributed by atoms with E-state index in [0.29, 0.717) is 12.3 Å². The second-order valence-electron chi connectivity index (χ2n) is 10.0. The third kappa shape index (κ3) is 40.4. The van der Waals surface area contributed by atoms with Crippen LogP contribution in [0.4, 0.5) is 0 Å². The van der Waals surface area contributed by atoms with Gasteiger partial charge in [-0.3, -0.25) is 24.0 Å². The Labute approximate surface area is 199 Å². The summed E-state index contributed by atoms with van der Waals surface area (Å²) in [6, 6.07) is 0. The van der Waals surface area contributed by atoms with Crippen molar-refractivity contribution in [2.75, 3.05) is 0 Å². The number of aliphatic carboxylic acids is 2. The summed E-state index contributed by atoms with van der Waals surface area (Å²) >= 11 is 0. The molecule has 0 aromatic carbocycles. The first-order valence-corrected chi connectivity index (χ1v) is 10.5. The smallest absolute Gasteiger partial charge is 0.317 e. The van der Waals surface area contributed by atoms with E-state index in [-0.39, 0.29) is 32.0 Å². The summed E-state index contributed by atoms with van der Waals surface area (Å²) in [6.07, 6.45) is 0.0476. The van der Waals surface area contributed by atoms with E-state index in [1.54, 1.807) is 41.5 Å². The molecule has 0 heterocycles.